The first-order chi connectivity index (χ1) is 12.0. The quantitative estimate of drug-likeness (QED) is 0.468. The molecular formula is C18H17BrN4OS. The van der Waals surface area contributed by atoms with Gasteiger partial charge in [-0.2, -0.15) is 14.9 Å². The first-order valence-corrected chi connectivity index (χ1v) is 8.97. The average Bonchev–Trinajstić information content (AvgIpc) is 2.95. The third-order valence-electron chi connectivity index (χ3n) is 3.31. The zero-order valence-electron chi connectivity index (χ0n) is 13.8. The molecule has 0 aliphatic heterocycles. The Balaban J connectivity index is 1.94. The summed E-state index contributed by atoms with van der Waals surface area (Å²) in [5.74, 6) is 1.41. The van der Waals surface area contributed by atoms with Crippen LogP contribution in [0.2, 0.25) is 0 Å². The fraction of sp³-hybridized carbons (Fsp3) is 0.167. The lowest BCUT2D eigenvalue weighted by molar-refractivity contribution is 0.242. The van der Waals surface area contributed by atoms with Gasteiger partial charge in [0, 0.05) is 10.0 Å². The Morgan fingerprint density at radius 1 is 1.24 bits per heavy atom. The van der Waals surface area contributed by atoms with Crippen molar-refractivity contribution in [2.45, 2.75) is 20.0 Å². The van der Waals surface area contributed by atoms with Crippen molar-refractivity contribution in [2.24, 2.45) is 5.10 Å². The van der Waals surface area contributed by atoms with E-state index in [-0.39, 0.29) is 6.10 Å². The number of aromatic amines is 1. The van der Waals surface area contributed by atoms with Gasteiger partial charge >= 0.3 is 0 Å². The van der Waals surface area contributed by atoms with Crippen LogP contribution in [-0.2, 0) is 0 Å². The molecule has 0 aliphatic carbocycles. The van der Waals surface area contributed by atoms with Crippen LogP contribution in [0.25, 0.3) is 11.4 Å². The molecule has 0 amide bonds. The maximum absolute atomic E-state index is 5.75. The first kappa shape index (κ1) is 17.6. The molecule has 0 unspecified atom stereocenters. The van der Waals surface area contributed by atoms with Crippen LogP contribution in [0.5, 0.6) is 5.75 Å². The molecular weight excluding hydrogens is 400 g/mol. The highest BCUT2D eigenvalue weighted by atomic mass is 79.9. The van der Waals surface area contributed by atoms with Gasteiger partial charge in [-0.3, -0.25) is 0 Å². The van der Waals surface area contributed by atoms with Crippen LogP contribution in [0.15, 0.2) is 58.1 Å². The molecule has 1 heterocycles. The highest BCUT2D eigenvalue weighted by Crippen LogP contribution is 2.23. The molecule has 7 heteroatoms. The molecule has 3 rings (SSSR count). The number of ether oxygens (including phenoxy) is 1. The molecule has 0 spiro atoms. The van der Waals surface area contributed by atoms with Gasteiger partial charge in [-0.25, -0.2) is 5.10 Å². The normalized spacial score (nSPS) is 11.4. The standard InChI is InChI=1S/C18H17BrN4OS/c1-12(2)24-16-5-3-4-14(10-16)17-21-22-18(25)23(17)20-11-13-6-8-15(19)9-7-13/h3-12H,1-2H3,(H,22,25). The third kappa shape index (κ3) is 4.43. The highest BCUT2D eigenvalue weighted by Gasteiger charge is 2.09. The summed E-state index contributed by atoms with van der Waals surface area (Å²) in [6.07, 6.45) is 1.85. The predicted molar refractivity (Wildman–Crippen MR) is 106 cm³/mol. The van der Waals surface area contributed by atoms with Crippen LogP contribution in [0.4, 0.5) is 0 Å². The summed E-state index contributed by atoms with van der Waals surface area (Å²) in [5, 5.41) is 11.6. The van der Waals surface area contributed by atoms with Crippen molar-refractivity contribution in [1.82, 2.24) is 14.9 Å². The lowest BCUT2D eigenvalue weighted by atomic mass is 10.2. The lowest BCUT2D eigenvalue weighted by Gasteiger charge is -2.10. The first-order valence-electron chi connectivity index (χ1n) is 7.77. The Labute approximate surface area is 159 Å². The van der Waals surface area contributed by atoms with Crippen molar-refractivity contribution in [2.75, 3.05) is 0 Å². The summed E-state index contributed by atoms with van der Waals surface area (Å²) in [7, 11) is 0. The second-order valence-corrected chi connectivity index (χ2v) is 6.96. The second kappa shape index (κ2) is 7.76. The average molecular weight is 417 g/mol. The van der Waals surface area contributed by atoms with Gasteiger partial charge in [0.1, 0.15) is 5.75 Å². The molecule has 0 saturated carbocycles. The number of hydrogen-bond donors (Lipinski definition) is 1. The van der Waals surface area contributed by atoms with Gasteiger partial charge < -0.3 is 4.74 Å². The SMILES string of the molecule is CC(C)Oc1cccc(-c2n[nH]c(=S)n2N=Cc2ccc(Br)cc2)c1. The molecule has 1 aromatic heterocycles. The number of hydrogen-bond acceptors (Lipinski definition) is 4. The van der Waals surface area contributed by atoms with Crippen molar-refractivity contribution >= 4 is 34.4 Å². The highest BCUT2D eigenvalue weighted by molar-refractivity contribution is 9.10. The second-order valence-electron chi connectivity index (χ2n) is 5.65. The van der Waals surface area contributed by atoms with Gasteiger partial charge in [0.05, 0.1) is 12.3 Å². The monoisotopic (exact) mass is 416 g/mol. The van der Waals surface area contributed by atoms with E-state index in [4.69, 9.17) is 17.0 Å². The fourth-order valence-electron chi connectivity index (χ4n) is 2.24. The molecule has 0 radical (unpaired) electrons. The van der Waals surface area contributed by atoms with Crippen LogP contribution < -0.4 is 4.74 Å². The molecule has 25 heavy (non-hydrogen) atoms. The van der Waals surface area contributed by atoms with Crippen LogP contribution >= 0.6 is 28.1 Å². The zero-order valence-corrected chi connectivity index (χ0v) is 16.2. The van der Waals surface area contributed by atoms with E-state index in [0.29, 0.717) is 10.6 Å². The van der Waals surface area contributed by atoms with Crippen molar-refractivity contribution < 1.29 is 4.74 Å². The van der Waals surface area contributed by atoms with Crippen LogP contribution in [0.3, 0.4) is 0 Å². The number of aromatic nitrogens is 3. The molecule has 0 saturated heterocycles. The summed E-state index contributed by atoms with van der Waals surface area (Å²) in [6.45, 7) is 3.98. The molecule has 5 nitrogen and oxygen atoms in total. The molecule has 0 bridgehead atoms. The van der Waals surface area contributed by atoms with Gasteiger partial charge in [0.25, 0.3) is 0 Å². The summed E-state index contributed by atoms with van der Waals surface area (Å²) in [5.41, 5.74) is 1.84. The Morgan fingerprint density at radius 2 is 2.00 bits per heavy atom. The summed E-state index contributed by atoms with van der Waals surface area (Å²) >= 11 is 8.72. The van der Waals surface area contributed by atoms with Crippen LogP contribution in [0.1, 0.15) is 19.4 Å². The Kier molecular flexibility index (Phi) is 5.45. The smallest absolute Gasteiger partial charge is 0.216 e. The van der Waals surface area contributed by atoms with Crippen molar-refractivity contribution in [1.29, 1.82) is 0 Å². The van der Waals surface area contributed by atoms with Crippen molar-refractivity contribution in [3.8, 4) is 17.1 Å². The number of H-pyrrole nitrogens is 1. The predicted octanol–water partition coefficient (Wildman–Crippen LogP) is 5.04. The van der Waals surface area contributed by atoms with Crippen LogP contribution in [0, 0.1) is 4.77 Å². The summed E-state index contributed by atoms with van der Waals surface area (Å²) in [6, 6.07) is 15.6. The summed E-state index contributed by atoms with van der Waals surface area (Å²) in [4.78, 5) is 0. The Hall–Kier alpha value is -2.25. The number of rotatable bonds is 5. The minimum atomic E-state index is 0.103. The van der Waals surface area contributed by atoms with Gasteiger partial charge in [0.15, 0.2) is 5.82 Å². The summed E-state index contributed by atoms with van der Waals surface area (Å²) < 4.78 is 8.80. The molecule has 0 aliphatic rings. The largest absolute Gasteiger partial charge is 0.491 e. The maximum Gasteiger partial charge on any atom is 0.216 e. The Bertz CT molecular complexity index is 944. The van der Waals surface area contributed by atoms with Gasteiger partial charge in [-0.15, -0.1) is 0 Å². The molecule has 2 aromatic carbocycles. The molecule has 128 valence electrons. The van der Waals surface area contributed by atoms with Gasteiger partial charge in [0.2, 0.25) is 4.77 Å². The van der Waals surface area contributed by atoms with E-state index in [1.807, 2.05) is 62.4 Å². The number of nitrogens with one attached hydrogen (secondary N) is 1. The van der Waals surface area contributed by atoms with E-state index in [9.17, 15) is 0 Å². The maximum atomic E-state index is 5.75. The van der Waals surface area contributed by atoms with Gasteiger partial charge in [-0.05, 0) is 55.9 Å². The lowest BCUT2D eigenvalue weighted by Crippen LogP contribution is -2.05. The minimum absolute atomic E-state index is 0.103. The number of nitrogens with zero attached hydrogens (tertiary/aromatic N) is 3. The number of benzene rings is 2. The fourth-order valence-corrected chi connectivity index (χ4v) is 2.68. The van der Waals surface area contributed by atoms with Crippen LogP contribution in [-0.4, -0.2) is 27.2 Å². The van der Waals surface area contributed by atoms with E-state index in [1.54, 1.807) is 10.9 Å². The topological polar surface area (TPSA) is 55.2 Å². The molecule has 1 N–H and O–H groups in total. The minimum Gasteiger partial charge on any atom is -0.491 e. The zero-order chi connectivity index (χ0) is 17.8. The van der Waals surface area contributed by atoms with E-state index in [1.165, 1.54) is 0 Å². The molecule has 0 atom stereocenters. The van der Waals surface area contributed by atoms with E-state index >= 15 is 0 Å². The number of halogens is 1. The third-order valence-corrected chi connectivity index (χ3v) is 4.10. The van der Waals surface area contributed by atoms with Gasteiger partial charge in [-0.1, -0.05) is 40.2 Å². The molecule has 0 fully saturated rings. The van der Waals surface area contributed by atoms with E-state index in [2.05, 4.69) is 31.2 Å². The van der Waals surface area contributed by atoms with E-state index in [0.717, 1.165) is 21.3 Å². The Morgan fingerprint density at radius 3 is 2.72 bits per heavy atom. The van der Waals surface area contributed by atoms with Crippen molar-refractivity contribution in [3.05, 3.63) is 63.3 Å². The molecule has 3 aromatic rings. The van der Waals surface area contributed by atoms with Crippen molar-refractivity contribution in [3.63, 3.8) is 0 Å². The van der Waals surface area contributed by atoms with E-state index < -0.39 is 0 Å².